The molecule has 1 aromatic carbocycles. The van der Waals surface area contributed by atoms with E-state index in [-0.39, 0.29) is 12.6 Å². The summed E-state index contributed by atoms with van der Waals surface area (Å²) in [5.74, 6) is -0.521. The number of benzene rings is 1. The van der Waals surface area contributed by atoms with E-state index in [0.29, 0.717) is 12.3 Å². The van der Waals surface area contributed by atoms with Gasteiger partial charge in [-0.3, -0.25) is 4.90 Å². The zero-order valence-corrected chi connectivity index (χ0v) is 13.4. The first-order chi connectivity index (χ1) is 11.0. The van der Waals surface area contributed by atoms with Crippen molar-refractivity contribution in [3.63, 3.8) is 0 Å². The molecule has 5 nitrogen and oxygen atoms in total. The van der Waals surface area contributed by atoms with Crippen molar-refractivity contribution in [2.24, 2.45) is 5.92 Å². The van der Waals surface area contributed by atoms with E-state index in [1.54, 1.807) is 6.92 Å². The fourth-order valence-electron chi connectivity index (χ4n) is 3.05. The van der Waals surface area contributed by atoms with Crippen LogP contribution in [-0.4, -0.2) is 33.6 Å². The Hall–Kier alpha value is -2.04. The first-order valence-electron chi connectivity index (χ1n) is 8.24. The summed E-state index contributed by atoms with van der Waals surface area (Å²) in [6.07, 6.45) is 3.82. The normalized spacial score (nSPS) is 19.7. The van der Waals surface area contributed by atoms with Crippen molar-refractivity contribution in [1.29, 1.82) is 0 Å². The number of carboxylic acids is 1. The van der Waals surface area contributed by atoms with Gasteiger partial charge in [-0.15, -0.1) is 0 Å². The van der Waals surface area contributed by atoms with E-state index in [4.69, 9.17) is 4.74 Å². The number of rotatable bonds is 7. The number of carboxylic acid groups (broad SMARTS) is 1. The first kappa shape index (κ1) is 15.8. The van der Waals surface area contributed by atoms with Crippen molar-refractivity contribution in [3.8, 4) is 0 Å². The molecule has 1 amide bonds. The average molecular weight is 317 g/mol. The lowest BCUT2D eigenvalue weighted by atomic mass is 9.92. The van der Waals surface area contributed by atoms with Gasteiger partial charge in [0.15, 0.2) is 0 Å². The monoisotopic (exact) mass is 317 g/mol. The van der Waals surface area contributed by atoms with Crippen molar-refractivity contribution in [2.45, 2.75) is 57.2 Å². The largest absolute Gasteiger partial charge is 0.480 e. The molecule has 0 bridgehead atoms. The Bertz CT molecular complexity index is 580. The highest BCUT2D eigenvalue weighted by Gasteiger charge is 2.52. The number of nitrogens with zero attached hydrogens (tertiary/aromatic N) is 1. The standard InChI is InChI=1S/C18H23NO4/c1-18(16(20)21,11-13-7-8-13)19(15-9-10-15)17(22)23-12-14-5-3-2-4-6-14/h2-6,13,15H,7-12H2,1H3,(H,20,21). The van der Waals surface area contributed by atoms with Gasteiger partial charge in [0, 0.05) is 6.04 Å². The van der Waals surface area contributed by atoms with Crippen LogP contribution in [0.25, 0.3) is 0 Å². The number of ether oxygens (including phenoxy) is 1. The molecular formula is C18H23NO4. The molecule has 1 aromatic rings. The van der Waals surface area contributed by atoms with Gasteiger partial charge in [0.05, 0.1) is 0 Å². The Morgan fingerprint density at radius 3 is 2.39 bits per heavy atom. The lowest BCUT2D eigenvalue weighted by molar-refractivity contribution is -0.150. The van der Waals surface area contributed by atoms with E-state index < -0.39 is 17.6 Å². The summed E-state index contributed by atoms with van der Waals surface area (Å²) < 4.78 is 5.41. The molecule has 124 valence electrons. The molecule has 0 aliphatic heterocycles. The van der Waals surface area contributed by atoms with Gasteiger partial charge in [0.25, 0.3) is 0 Å². The van der Waals surface area contributed by atoms with Crippen LogP contribution in [0, 0.1) is 5.92 Å². The fourth-order valence-corrected chi connectivity index (χ4v) is 3.05. The lowest BCUT2D eigenvalue weighted by Crippen LogP contribution is -2.56. The van der Waals surface area contributed by atoms with Gasteiger partial charge >= 0.3 is 12.1 Å². The molecule has 23 heavy (non-hydrogen) atoms. The fraction of sp³-hybridized carbons (Fsp3) is 0.556. The Labute approximate surface area is 136 Å². The second-order valence-electron chi connectivity index (χ2n) is 6.87. The quantitative estimate of drug-likeness (QED) is 0.836. The van der Waals surface area contributed by atoms with E-state index in [2.05, 4.69) is 0 Å². The molecule has 0 saturated heterocycles. The van der Waals surface area contributed by atoms with E-state index in [1.165, 1.54) is 4.90 Å². The molecule has 0 radical (unpaired) electrons. The van der Waals surface area contributed by atoms with E-state index in [1.807, 2.05) is 30.3 Å². The zero-order chi connectivity index (χ0) is 16.4. The topological polar surface area (TPSA) is 66.8 Å². The van der Waals surface area contributed by atoms with Gasteiger partial charge < -0.3 is 9.84 Å². The third-order valence-corrected chi connectivity index (χ3v) is 4.69. The molecular weight excluding hydrogens is 294 g/mol. The van der Waals surface area contributed by atoms with Crippen LogP contribution in [0.5, 0.6) is 0 Å². The van der Waals surface area contributed by atoms with Crippen LogP contribution in [0.4, 0.5) is 4.79 Å². The van der Waals surface area contributed by atoms with Crippen LogP contribution < -0.4 is 0 Å². The molecule has 2 aliphatic carbocycles. The third-order valence-electron chi connectivity index (χ3n) is 4.69. The van der Waals surface area contributed by atoms with Gasteiger partial charge in [-0.2, -0.15) is 0 Å². The summed E-state index contributed by atoms with van der Waals surface area (Å²) in [6, 6.07) is 9.44. The van der Waals surface area contributed by atoms with Crippen LogP contribution >= 0.6 is 0 Å². The summed E-state index contributed by atoms with van der Waals surface area (Å²) in [7, 11) is 0. The summed E-state index contributed by atoms with van der Waals surface area (Å²) >= 11 is 0. The van der Waals surface area contributed by atoms with Crippen LogP contribution in [0.3, 0.4) is 0 Å². The van der Waals surface area contributed by atoms with Gasteiger partial charge in [-0.05, 0) is 37.7 Å². The average Bonchev–Trinajstić information content (AvgIpc) is 3.42. The molecule has 5 heteroatoms. The summed E-state index contributed by atoms with van der Waals surface area (Å²) in [5.41, 5.74) is -0.272. The van der Waals surface area contributed by atoms with E-state index >= 15 is 0 Å². The number of hydrogen-bond acceptors (Lipinski definition) is 3. The first-order valence-corrected chi connectivity index (χ1v) is 8.24. The Kier molecular flexibility index (Phi) is 4.28. The number of hydrogen-bond donors (Lipinski definition) is 1. The van der Waals surface area contributed by atoms with E-state index in [9.17, 15) is 14.7 Å². The lowest BCUT2D eigenvalue weighted by Gasteiger charge is -2.37. The molecule has 1 unspecified atom stereocenters. The SMILES string of the molecule is CC(CC1CC1)(C(=O)O)N(C(=O)OCc1ccccc1)C1CC1. The summed E-state index contributed by atoms with van der Waals surface area (Å²) in [6.45, 7) is 1.83. The summed E-state index contributed by atoms with van der Waals surface area (Å²) in [5, 5.41) is 9.74. The maximum Gasteiger partial charge on any atom is 0.411 e. The van der Waals surface area contributed by atoms with Crippen LogP contribution in [0.15, 0.2) is 30.3 Å². The van der Waals surface area contributed by atoms with Crippen LogP contribution in [0.1, 0.15) is 44.6 Å². The summed E-state index contributed by atoms with van der Waals surface area (Å²) in [4.78, 5) is 26.0. The molecule has 2 saturated carbocycles. The maximum absolute atomic E-state index is 12.6. The Morgan fingerprint density at radius 2 is 1.87 bits per heavy atom. The predicted octanol–water partition coefficient (Wildman–Crippen LogP) is 3.43. The van der Waals surface area contributed by atoms with Crippen molar-refractivity contribution >= 4 is 12.1 Å². The van der Waals surface area contributed by atoms with Crippen molar-refractivity contribution < 1.29 is 19.4 Å². The Balaban J connectivity index is 1.71. The Morgan fingerprint density at radius 1 is 1.22 bits per heavy atom. The van der Waals surface area contributed by atoms with Gasteiger partial charge in [0.2, 0.25) is 0 Å². The highest BCUT2D eigenvalue weighted by Crippen LogP contribution is 2.43. The van der Waals surface area contributed by atoms with Crippen molar-refractivity contribution in [1.82, 2.24) is 4.90 Å². The molecule has 0 heterocycles. The minimum absolute atomic E-state index is 0.00174. The zero-order valence-electron chi connectivity index (χ0n) is 13.4. The highest BCUT2D eigenvalue weighted by molar-refractivity contribution is 5.84. The minimum Gasteiger partial charge on any atom is -0.480 e. The second-order valence-corrected chi connectivity index (χ2v) is 6.87. The number of carbonyl (C=O) groups is 2. The molecule has 1 N–H and O–H groups in total. The smallest absolute Gasteiger partial charge is 0.411 e. The molecule has 1 atom stereocenters. The second kappa shape index (κ2) is 6.22. The molecule has 2 fully saturated rings. The van der Waals surface area contributed by atoms with Gasteiger partial charge in [-0.1, -0.05) is 43.2 Å². The van der Waals surface area contributed by atoms with Crippen LogP contribution in [-0.2, 0) is 16.1 Å². The highest BCUT2D eigenvalue weighted by atomic mass is 16.6. The predicted molar refractivity (Wildman–Crippen MR) is 84.9 cm³/mol. The number of aliphatic carboxylic acids is 1. The number of carbonyl (C=O) groups excluding carboxylic acids is 1. The molecule has 0 aromatic heterocycles. The molecule has 0 spiro atoms. The number of amides is 1. The van der Waals surface area contributed by atoms with Crippen molar-refractivity contribution in [3.05, 3.63) is 35.9 Å². The third kappa shape index (κ3) is 3.66. The molecule has 3 rings (SSSR count). The maximum atomic E-state index is 12.6. The van der Waals surface area contributed by atoms with Crippen LogP contribution in [0.2, 0.25) is 0 Å². The van der Waals surface area contributed by atoms with Gasteiger partial charge in [0.1, 0.15) is 12.1 Å². The van der Waals surface area contributed by atoms with Gasteiger partial charge in [-0.25, -0.2) is 9.59 Å². The van der Waals surface area contributed by atoms with Crippen molar-refractivity contribution in [2.75, 3.05) is 0 Å². The van der Waals surface area contributed by atoms with E-state index in [0.717, 1.165) is 31.2 Å². The molecule has 2 aliphatic rings. The minimum atomic E-state index is -1.17.